The third-order valence-corrected chi connectivity index (χ3v) is 13.8. The Morgan fingerprint density at radius 3 is 2.04 bits per heavy atom. The number of hydrogen-bond donors (Lipinski definition) is 4. The molecular weight excluding hydrogens is 686 g/mol. The lowest BCUT2D eigenvalue weighted by molar-refractivity contribution is -0.154. The van der Waals surface area contributed by atoms with Gasteiger partial charge >= 0.3 is 12.0 Å². The molecule has 1 unspecified atom stereocenters. The standard InChI is InChI=1S/C42H67N5O7/c1-24(2)13-14-30(35(49)37(51)43-16-15-31(48)54-40(3,4)5)44-36(50)34-32-29(41(32,6)7)23-47(34)38(52)33(28-11-9-8-10-12-28)45-39(53)46-42-20-25-17-26(21-42)19-27(18-25)22-42/h24-30,32-34H,8-23H2,1-7H3,(H,43,51)(H,44,50)(H2,45,46,53)/t25?,26?,27?,29-,30?,32-,33-,34-,42?/m0/s1. The van der Waals surface area contributed by atoms with E-state index in [1.807, 2.05) is 13.8 Å². The number of esters is 1. The van der Waals surface area contributed by atoms with Crippen molar-refractivity contribution in [2.24, 2.45) is 46.8 Å². The van der Waals surface area contributed by atoms with Crippen molar-refractivity contribution in [2.45, 2.75) is 168 Å². The van der Waals surface area contributed by atoms with Gasteiger partial charge in [0.05, 0.1) is 12.5 Å². The third kappa shape index (κ3) is 9.09. The number of hydrogen-bond acceptors (Lipinski definition) is 7. The number of Topliss-reactive ketones (excluding diaryl/α,β-unsaturated/α-hetero) is 1. The first kappa shape index (κ1) is 40.5. The summed E-state index contributed by atoms with van der Waals surface area (Å²) in [5.41, 5.74) is -1.03. The molecule has 5 amide bonds. The highest BCUT2D eigenvalue weighted by Crippen LogP contribution is 2.65. The van der Waals surface area contributed by atoms with Gasteiger partial charge in [-0.05, 0) is 132 Å². The third-order valence-electron chi connectivity index (χ3n) is 13.8. The highest BCUT2D eigenvalue weighted by Gasteiger charge is 2.70. The molecule has 54 heavy (non-hydrogen) atoms. The van der Waals surface area contributed by atoms with Crippen molar-refractivity contribution in [3.63, 3.8) is 0 Å². The summed E-state index contributed by atoms with van der Waals surface area (Å²) in [5, 5.41) is 12.0. The zero-order valence-electron chi connectivity index (χ0n) is 33.9. The molecule has 0 spiro atoms. The van der Waals surface area contributed by atoms with Crippen LogP contribution in [0.2, 0.25) is 0 Å². The van der Waals surface area contributed by atoms with E-state index in [0.29, 0.717) is 30.7 Å². The number of urea groups is 1. The lowest BCUT2D eigenvalue weighted by Crippen LogP contribution is -2.64. The highest BCUT2D eigenvalue weighted by molar-refractivity contribution is 6.38. The molecule has 5 atom stereocenters. The Labute approximate surface area is 322 Å². The number of nitrogens with one attached hydrogen (secondary N) is 4. The lowest BCUT2D eigenvalue weighted by atomic mass is 9.53. The number of ketones is 1. The average Bonchev–Trinajstić information content (AvgIpc) is 3.38. The van der Waals surface area contributed by atoms with E-state index in [2.05, 4.69) is 35.1 Å². The maximum atomic E-state index is 14.8. The maximum Gasteiger partial charge on any atom is 0.315 e. The van der Waals surface area contributed by atoms with Crippen molar-refractivity contribution in [1.29, 1.82) is 0 Å². The smallest absolute Gasteiger partial charge is 0.315 e. The van der Waals surface area contributed by atoms with Crippen molar-refractivity contribution < 1.29 is 33.5 Å². The number of carbonyl (C=O) groups is 6. The van der Waals surface area contributed by atoms with Gasteiger partial charge in [-0.2, -0.15) is 0 Å². The van der Waals surface area contributed by atoms with E-state index in [9.17, 15) is 28.8 Å². The molecule has 12 nitrogen and oxygen atoms in total. The van der Waals surface area contributed by atoms with Crippen LogP contribution in [0.25, 0.3) is 0 Å². The van der Waals surface area contributed by atoms with E-state index >= 15 is 0 Å². The summed E-state index contributed by atoms with van der Waals surface area (Å²) in [6.45, 7) is 13.8. The highest BCUT2D eigenvalue weighted by atomic mass is 16.6. The van der Waals surface area contributed by atoms with Gasteiger partial charge in [-0.3, -0.25) is 24.0 Å². The molecule has 12 heteroatoms. The van der Waals surface area contributed by atoms with Crippen LogP contribution in [-0.4, -0.2) is 82.8 Å². The Kier molecular flexibility index (Phi) is 11.8. The molecule has 6 aliphatic carbocycles. The molecule has 4 N–H and O–H groups in total. The lowest BCUT2D eigenvalue weighted by Gasteiger charge is -2.56. The Bertz CT molecular complexity index is 1430. The second kappa shape index (κ2) is 15.8. The van der Waals surface area contributed by atoms with Gasteiger partial charge in [0.15, 0.2) is 0 Å². The van der Waals surface area contributed by atoms with Crippen LogP contribution in [0.15, 0.2) is 0 Å². The first-order valence-electron chi connectivity index (χ1n) is 21.1. The SMILES string of the molecule is CC(C)CCC(NC(=O)[C@@H]1[C@@H]2[C@H](CN1C(=O)[C@@H](NC(=O)NC13CC4CC(CC(C4)C1)C3)C1CCCCC1)C2(C)C)C(=O)C(=O)NCCC(=O)OC(C)(C)C. The molecule has 302 valence electrons. The summed E-state index contributed by atoms with van der Waals surface area (Å²) in [7, 11) is 0. The first-order valence-corrected chi connectivity index (χ1v) is 21.1. The molecule has 0 radical (unpaired) electrons. The molecular formula is C42H67N5O7. The van der Waals surface area contributed by atoms with Crippen molar-refractivity contribution in [1.82, 2.24) is 26.2 Å². The first-order chi connectivity index (χ1) is 25.4. The Morgan fingerprint density at radius 1 is 0.852 bits per heavy atom. The number of rotatable bonds is 14. The predicted octanol–water partition coefficient (Wildman–Crippen LogP) is 5.02. The van der Waals surface area contributed by atoms with Gasteiger partial charge in [-0.25, -0.2) is 4.79 Å². The number of piperidine rings is 1. The number of ether oxygens (including phenoxy) is 1. The van der Waals surface area contributed by atoms with Crippen LogP contribution in [0.1, 0.15) is 138 Å². The summed E-state index contributed by atoms with van der Waals surface area (Å²) < 4.78 is 5.30. The Balaban J connectivity index is 1.15. The zero-order valence-corrected chi connectivity index (χ0v) is 33.9. The molecule has 6 saturated carbocycles. The van der Waals surface area contributed by atoms with E-state index < -0.39 is 47.3 Å². The van der Waals surface area contributed by atoms with Crippen molar-refractivity contribution in [3.05, 3.63) is 0 Å². The van der Waals surface area contributed by atoms with Gasteiger partial charge in [-0.15, -0.1) is 0 Å². The summed E-state index contributed by atoms with van der Waals surface area (Å²) in [6, 6.07) is -2.92. The fraction of sp³-hybridized carbons (Fsp3) is 0.857. The van der Waals surface area contributed by atoms with Crippen LogP contribution in [0.4, 0.5) is 4.79 Å². The molecule has 7 aliphatic rings. The molecule has 1 saturated heterocycles. The minimum absolute atomic E-state index is 0.0215. The Hall–Kier alpha value is -3.18. The minimum Gasteiger partial charge on any atom is -0.460 e. The second-order valence-electron chi connectivity index (χ2n) is 20.1. The van der Waals surface area contributed by atoms with Gasteiger partial charge in [0.25, 0.3) is 5.91 Å². The number of amides is 5. The summed E-state index contributed by atoms with van der Waals surface area (Å²) in [5.74, 6) is -0.574. The van der Waals surface area contributed by atoms with E-state index in [-0.39, 0.29) is 66.0 Å². The largest absolute Gasteiger partial charge is 0.460 e. The summed E-state index contributed by atoms with van der Waals surface area (Å²) >= 11 is 0. The quantitative estimate of drug-likeness (QED) is 0.143. The molecule has 0 aromatic heterocycles. The second-order valence-corrected chi connectivity index (χ2v) is 20.1. The van der Waals surface area contributed by atoms with E-state index in [1.54, 1.807) is 25.7 Å². The fourth-order valence-corrected chi connectivity index (χ4v) is 11.5. The van der Waals surface area contributed by atoms with Crippen molar-refractivity contribution >= 4 is 35.5 Å². The van der Waals surface area contributed by atoms with Gasteiger partial charge in [0, 0.05) is 18.6 Å². The van der Waals surface area contributed by atoms with Gasteiger partial charge in [0.1, 0.15) is 17.7 Å². The normalized spacial score (nSPS) is 32.0. The van der Waals surface area contributed by atoms with Crippen molar-refractivity contribution in [3.8, 4) is 0 Å². The van der Waals surface area contributed by atoms with Crippen LogP contribution in [0, 0.1) is 46.8 Å². The molecule has 7 fully saturated rings. The predicted molar refractivity (Wildman–Crippen MR) is 204 cm³/mol. The van der Waals surface area contributed by atoms with Gasteiger partial charge in [-0.1, -0.05) is 47.0 Å². The number of carbonyl (C=O) groups excluding carboxylic acids is 6. The zero-order chi connectivity index (χ0) is 39.2. The van der Waals surface area contributed by atoms with Crippen LogP contribution in [0.5, 0.6) is 0 Å². The number of nitrogens with zero attached hydrogens (tertiary/aromatic N) is 1. The molecule has 4 bridgehead atoms. The molecule has 1 aliphatic heterocycles. The summed E-state index contributed by atoms with van der Waals surface area (Å²) in [6.07, 6.45) is 12.4. The monoisotopic (exact) mass is 754 g/mol. The molecule has 0 aromatic carbocycles. The van der Waals surface area contributed by atoms with Crippen LogP contribution >= 0.6 is 0 Å². The topological polar surface area (TPSA) is 163 Å². The molecule has 1 heterocycles. The van der Waals surface area contributed by atoms with E-state index in [0.717, 1.165) is 51.4 Å². The van der Waals surface area contributed by atoms with Gasteiger partial charge in [0.2, 0.25) is 17.6 Å². The van der Waals surface area contributed by atoms with Crippen LogP contribution in [0.3, 0.4) is 0 Å². The number of likely N-dealkylation sites (tertiary alicyclic amines) is 1. The molecule has 0 aromatic rings. The Morgan fingerprint density at radius 2 is 1.46 bits per heavy atom. The fourth-order valence-electron chi connectivity index (χ4n) is 11.5. The van der Waals surface area contributed by atoms with Crippen LogP contribution in [-0.2, 0) is 28.7 Å². The van der Waals surface area contributed by atoms with E-state index in [4.69, 9.17) is 4.74 Å². The van der Waals surface area contributed by atoms with Crippen LogP contribution < -0.4 is 21.3 Å². The molecule has 7 rings (SSSR count). The summed E-state index contributed by atoms with van der Waals surface area (Å²) in [4.78, 5) is 83.5. The number of fused-ring (bicyclic) bond motifs is 1. The van der Waals surface area contributed by atoms with E-state index in [1.165, 1.54) is 19.3 Å². The average molecular weight is 754 g/mol. The van der Waals surface area contributed by atoms with Gasteiger partial charge < -0.3 is 30.9 Å². The van der Waals surface area contributed by atoms with Crippen molar-refractivity contribution in [2.75, 3.05) is 13.1 Å². The maximum absolute atomic E-state index is 14.8. The minimum atomic E-state index is -1.09.